The van der Waals surface area contributed by atoms with Crippen LogP contribution in [0.15, 0.2) is 24.3 Å². The Morgan fingerprint density at radius 2 is 1.95 bits per heavy atom. The molecule has 0 aromatic heterocycles. The Hall–Kier alpha value is -1.76. The van der Waals surface area contributed by atoms with E-state index in [4.69, 9.17) is 5.11 Å². The molecule has 2 N–H and O–H groups in total. The molecular weight excluding hydrogens is 263 g/mol. The number of aliphatic hydroxyl groups is 1. The highest BCUT2D eigenvalue weighted by molar-refractivity contribution is 5.94. The molecule has 0 spiro atoms. The monoisotopic (exact) mass is 277 g/mol. The maximum Gasteiger partial charge on any atom is 0.573 e. The lowest BCUT2D eigenvalue weighted by Crippen LogP contribution is -2.29. The van der Waals surface area contributed by atoms with Crippen molar-refractivity contribution in [3.05, 3.63) is 29.8 Å². The first-order chi connectivity index (χ1) is 8.81. The van der Waals surface area contributed by atoms with Crippen LogP contribution in [0.1, 0.15) is 17.3 Å². The predicted molar refractivity (Wildman–Crippen MR) is 61.7 cm³/mol. The maximum atomic E-state index is 11.9. The van der Waals surface area contributed by atoms with E-state index in [2.05, 4.69) is 10.1 Å². The summed E-state index contributed by atoms with van der Waals surface area (Å²) in [5.41, 5.74) is 0.222. The summed E-state index contributed by atoms with van der Waals surface area (Å²) in [5.74, 6) is -0.886. The van der Waals surface area contributed by atoms with Gasteiger partial charge >= 0.3 is 6.36 Å². The Bertz CT molecular complexity index is 417. The van der Waals surface area contributed by atoms with E-state index in [-0.39, 0.29) is 30.4 Å². The van der Waals surface area contributed by atoms with Gasteiger partial charge in [0.05, 0.1) is 0 Å². The van der Waals surface area contributed by atoms with Gasteiger partial charge in [0.25, 0.3) is 5.91 Å². The highest BCUT2D eigenvalue weighted by Crippen LogP contribution is 2.22. The molecule has 0 heterocycles. The van der Waals surface area contributed by atoms with Crippen molar-refractivity contribution < 1.29 is 27.8 Å². The predicted octanol–water partition coefficient (Wildman–Crippen LogP) is 1.94. The number of nitrogens with one attached hydrogen (secondary N) is 1. The van der Waals surface area contributed by atoms with Gasteiger partial charge in [0.1, 0.15) is 5.75 Å². The molecule has 0 fully saturated rings. The van der Waals surface area contributed by atoms with Crippen LogP contribution in [0.5, 0.6) is 5.75 Å². The number of hydrogen-bond acceptors (Lipinski definition) is 3. The Morgan fingerprint density at radius 3 is 2.42 bits per heavy atom. The van der Waals surface area contributed by atoms with E-state index in [0.29, 0.717) is 0 Å². The van der Waals surface area contributed by atoms with Crippen LogP contribution in [0.25, 0.3) is 0 Å². The number of carbonyl (C=O) groups excluding carboxylic acids is 1. The second kappa shape index (κ2) is 6.42. The van der Waals surface area contributed by atoms with Crippen molar-refractivity contribution in [1.82, 2.24) is 5.32 Å². The minimum atomic E-state index is -4.75. The van der Waals surface area contributed by atoms with Crippen molar-refractivity contribution in [2.45, 2.75) is 13.3 Å². The van der Waals surface area contributed by atoms with Gasteiger partial charge in [0.2, 0.25) is 0 Å². The molecule has 1 aromatic carbocycles. The van der Waals surface area contributed by atoms with Crippen molar-refractivity contribution in [3.8, 4) is 5.75 Å². The van der Waals surface area contributed by atoms with Crippen LogP contribution in [0, 0.1) is 5.92 Å². The second-order valence-corrected chi connectivity index (χ2v) is 4.07. The summed E-state index contributed by atoms with van der Waals surface area (Å²) < 4.78 is 39.5. The number of benzene rings is 1. The highest BCUT2D eigenvalue weighted by Gasteiger charge is 2.31. The molecule has 0 aliphatic heterocycles. The molecule has 0 radical (unpaired) electrons. The number of ether oxygens (including phenoxy) is 1. The normalized spacial score (nSPS) is 12.9. The van der Waals surface area contributed by atoms with E-state index in [1.807, 2.05) is 0 Å². The quantitative estimate of drug-likeness (QED) is 0.864. The summed E-state index contributed by atoms with van der Waals surface area (Å²) in [7, 11) is 0. The molecule has 0 saturated carbocycles. The number of aliphatic hydroxyl groups excluding tert-OH is 1. The van der Waals surface area contributed by atoms with Gasteiger partial charge in [0, 0.05) is 18.7 Å². The molecule has 1 amide bonds. The van der Waals surface area contributed by atoms with Crippen molar-refractivity contribution in [2.75, 3.05) is 13.2 Å². The van der Waals surface area contributed by atoms with Gasteiger partial charge in [-0.2, -0.15) is 0 Å². The number of halogens is 3. The van der Waals surface area contributed by atoms with Crippen molar-refractivity contribution in [1.29, 1.82) is 0 Å². The van der Waals surface area contributed by atoms with Gasteiger partial charge in [-0.25, -0.2) is 0 Å². The van der Waals surface area contributed by atoms with Gasteiger partial charge in [-0.3, -0.25) is 4.79 Å². The SMILES string of the molecule is CC(CO)CNC(=O)c1ccc(OC(F)(F)F)cc1. The first-order valence-electron chi connectivity index (χ1n) is 5.56. The lowest BCUT2D eigenvalue weighted by Gasteiger charge is -2.11. The minimum Gasteiger partial charge on any atom is -0.406 e. The van der Waals surface area contributed by atoms with Crippen molar-refractivity contribution >= 4 is 5.91 Å². The highest BCUT2D eigenvalue weighted by atomic mass is 19.4. The lowest BCUT2D eigenvalue weighted by molar-refractivity contribution is -0.274. The first-order valence-corrected chi connectivity index (χ1v) is 5.56. The standard InChI is InChI=1S/C12H14F3NO3/c1-8(7-17)6-16-11(18)9-2-4-10(5-3-9)19-12(13,14)15/h2-5,8,17H,6-7H2,1H3,(H,16,18). The topological polar surface area (TPSA) is 58.6 Å². The molecule has 1 rings (SSSR count). The third kappa shape index (κ3) is 5.60. The zero-order valence-corrected chi connectivity index (χ0v) is 10.2. The zero-order valence-electron chi connectivity index (χ0n) is 10.2. The van der Waals surface area contributed by atoms with Gasteiger partial charge in [-0.05, 0) is 30.2 Å². The molecule has 0 bridgehead atoms. The van der Waals surface area contributed by atoms with Crippen molar-refractivity contribution in [3.63, 3.8) is 0 Å². The van der Waals surface area contributed by atoms with E-state index in [0.717, 1.165) is 12.1 Å². The third-order valence-electron chi connectivity index (χ3n) is 2.27. The van der Waals surface area contributed by atoms with Crippen LogP contribution in [0.3, 0.4) is 0 Å². The van der Waals surface area contributed by atoms with E-state index >= 15 is 0 Å². The summed E-state index contributed by atoms with van der Waals surface area (Å²) in [6.45, 7) is 1.98. The molecule has 19 heavy (non-hydrogen) atoms. The molecule has 1 atom stereocenters. The largest absolute Gasteiger partial charge is 0.573 e. The molecule has 106 valence electrons. The van der Waals surface area contributed by atoms with E-state index < -0.39 is 12.3 Å². The smallest absolute Gasteiger partial charge is 0.406 e. The molecule has 7 heteroatoms. The summed E-state index contributed by atoms with van der Waals surface area (Å²) in [6, 6.07) is 4.61. The van der Waals surface area contributed by atoms with Crippen molar-refractivity contribution in [2.24, 2.45) is 5.92 Å². The van der Waals surface area contributed by atoms with Crippen LogP contribution in [0.4, 0.5) is 13.2 Å². The Labute approximate surface area is 108 Å². The van der Waals surface area contributed by atoms with Crippen LogP contribution < -0.4 is 10.1 Å². The van der Waals surface area contributed by atoms with Gasteiger partial charge in [-0.15, -0.1) is 13.2 Å². The van der Waals surface area contributed by atoms with Gasteiger partial charge < -0.3 is 15.2 Å². The number of rotatable bonds is 5. The average Bonchev–Trinajstić information content (AvgIpc) is 2.34. The summed E-state index contributed by atoms with van der Waals surface area (Å²) >= 11 is 0. The van der Waals surface area contributed by atoms with E-state index in [1.54, 1.807) is 6.92 Å². The Balaban J connectivity index is 2.58. The molecule has 1 unspecified atom stereocenters. The fourth-order valence-corrected chi connectivity index (χ4v) is 1.24. The number of carbonyl (C=O) groups is 1. The number of alkyl halides is 3. The first kappa shape index (κ1) is 15.3. The zero-order chi connectivity index (χ0) is 14.5. The fourth-order valence-electron chi connectivity index (χ4n) is 1.24. The molecular formula is C12H14F3NO3. The average molecular weight is 277 g/mol. The fraction of sp³-hybridized carbons (Fsp3) is 0.417. The Morgan fingerprint density at radius 1 is 1.37 bits per heavy atom. The molecule has 0 saturated heterocycles. The second-order valence-electron chi connectivity index (χ2n) is 4.07. The van der Waals surface area contributed by atoms with E-state index in [1.165, 1.54) is 12.1 Å². The van der Waals surface area contributed by atoms with E-state index in [9.17, 15) is 18.0 Å². The van der Waals surface area contributed by atoms with Gasteiger partial charge in [-0.1, -0.05) is 6.92 Å². The summed E-state index contributed by atoms with van der Waals surface area (Å²) in [5, 5.41) is 11.3. The van der Waals surface area contributed by atoms with Crippen LogP contribution in [0.2, 0.25) is 0 Å². The lowest BCUT2D eigenvalue weighted by atomic mass is 10.1. The number of hydrogen-bond donors (Lipinski definition) is 2. The molecule has 4 nitrogen and oxygen atoms in total. The summed E-state index contributed by atoms with van der Waals surface area (Å²) in [6.07, 6.45) is -4.75. The summed E-state index contributed by atoms with van der Waals surface area (Å²) in [4.78, 5) is 11.6. The molecule has 0 aliphatic carbocycles. The molecule has 0 aliphatic rings. The molecule has 1 aromatic rings. The Kier molecular flexibility index (Phi) is 5.17. The van der Waals surface area contributed by atoms with Crippen LogP contribution >= 0.6 is 0 Å². The number of amides is 1. The maximum absolute atomic E-state index is 11.9. The van der Waals surface area contributed by atoms with Crippen LogP contribution in [-0.2, 0) is 0 Å². The van der Waals surface area contributed by atoms with Gasteiger partial charge in [0.15, 0.2) is 0 Å². The van der Waals surface area contributed by atoms with Crippen LogP contribution in [-0.4, -0.2) is 30.5 Å². The minimum absolute atomic E-state index is 0.0569. The third-order valence-corrected chi connectivity index (χ3v) is 2.27.